The summed E-state index contributed by atoms with van der Waals surface area (Å²) >= 11 is 0. The van der Waals surface area contributed by atoms with Crippen LogP contribution in [0.25, 0.3) is 6.08 Å². The molecule has 1 aliphatic carbocycles. The van der Waals surface area contributed by atoms with E-state index >= 15 is 0 Å². The Balaban J connectivity index is 1.44. The lowest BCUT2D eigenvalue weighted by atomic mass is 10.2. The smallest absolute Gasteiger partial charge is 0.321 e. The molecule has 27 heavy (non-hydrogen) atoms. The van der Waals surface area contributed by atoms with Crippen LogP contribution in [-0.4, -0.2) is 68.3 Å². The molecule has 0 bridgehead atoms. The van der Waals surface area contributed by atoms with Crippen LogP contribution in [0, 0.1) is 0 Å². The van der Waals surface area contributed by atoms with E-state index in [2.05, 4.69) is 10.6 Å². The molecular formula is C18H24N4O4S. The van der Waals surface area contributed by atoms with Crippen LogP contribution in [0.2, 0.25) is 0 Å². The van der Waals surface area contributed by atoms with Gasteiger partial charge in [0.25, 0.3) is 0 Å². The zero-order valence-corrected chi connectivity index (χ0v) is 15.8. The summed E-state index contributed by atoms with van der Waals surface area (Å²) in [5, 5.41) is 6.21. The van der Waals surface area contributed by atoms with Crippen molar-refractivity contribution >= 4 is 28.0 Å². The molecule has 2 N–H and O–H groups in total. The van der Waals surface area contributed by atoms with E-state index in [0.29, 0.717) is 26.2 Å². The number of sulfonamides is 1. The number of nitrogens with one attached hydrogen (secondary N) is 2. The predicted octanol–water partition coefficient (Wildman–Crippen LogP) is 0.593. The standard InChI is InChI=1S/C18H24N4O4S/c23-17(20-18(24)19-16-6-7-16)14-21-9-11-22(12-10-21)27(25,26)13-8-15-4-2-1-3-5-15/h1-5,8,13,16H,6-7,9-12,14H2,(H2,19,20,23,24)/b13-8+. The molecule has 1 saturated carbocycles. The van der Waals surface area contributed by atoms with E-state index in [4.69, 9.17) is 0 Å². The van der Waals surface area contributed by atoms with Crippen LogP contribution < -0.4 is 10.6 Å². The number of urea groups is 1. The molecule has 1 aromatic carbocycles. The van der Waals surface area contributed by atoms with Gasteiger partial charge in [-0.05, 0) is 24.5 Å². The number of piperazine rings is 1. The normalized spacial score (nSPS) is 19.1. The van der Waals surface area contributed by atoms with Crippen molar-refractivity contribution in [1.29, 1.82) is 0 Å². The van der Waals surface area contributed by atoms with Gasteiger partial charge in [-0.3, -0.25) is 15.0 Å². The molecule has 9 heteroatoms. The van der Waals surface area contributed by atoms with E-state index in [-0.39, 0.29) is 18.5 Å². The third-order valence-corrected chi connectivity index (χ3v) is 6.02. The number of rotatable bonds is 6. The summed E-state index contributed by atoms with van der Waals surface area (Å²) in [5.74, 6) is -0.381. The van der Waals surface area contributed by atoms with E-state index in [0.717, 1.165) is 18.4 Å². The van der Waals surface area contributed by atoms with Gasteiger partial charge in [0.2, 0.25) is 15.9 Å². The highest BCUT2D eigenvalue weighted by Gasteiger charge is 2.27. The van der Waals surface area contributed by atoms with Crippen molar-refractivity contribution in [1.82, 2.24) is 19.8 Å². The predicted molar refractivity (Wildman–Crippen MR) is 102 cm³/mol. The Morgan fingerprint density at radius 3 is 2.37 bits per heavy atom. The van der Waals surface area contributed by atoms with Gasteiger partial charge >= 0.3 is 6.03 Å². The van der Waals surface area contributed by atoms with Gasteiger partial charge in [0.05, 0.1) is 6.54 Å². The monoisotopic (exact) mass is 392 g/mol. The number of carbonyl (C=O) groups is 2. The van der Waals surface area contributed by atoms with E-state index in [1.165, 1.54) is 9.71 Å². The molecule has 1 heterocycles. The number of hydrogen-bond acceptors (Lipinski definition) is 5. The zero-order chi connectivity index (χ0) is 19.3. The van der Waals surface area contributed by atoms with Crippen molar-refractivity contribution < 1.29 is 18.0 Å². The second-order valence-corrected chi connectivity index (χ2v) is 8.55. The highest BCUT2D eigenvalue weighted by atomic mass is 32.2. The topological polar surface area (TPSA) is 98.8 Å². The fourth-order valence-corrected chi connectivity index (χ4v) is 3.95. The lowest BCUT2D eigenvalue weighted by Gasteiger charge is -2.32. The average Bonchev–Trinajstić information content (AvgIpc) is 3.45. The molecular weight excluding hydrogens is 368 g/mol. The molecule has 3 rings (SSSR count). The molecule has 3 amide bonds. The van der Waals surface area contributed by atoms with Gasteiger partial charge in [-0.25, -0.2) is 13.2 Å². The maximum Gasteiger partial charge on any atom is 0.321 e. The molecule has 0 spiro atoms. The fourth-order valence-electron chi connectivity index (χ4n) is 2.78. The first kappa shape index (κ1) is 19.5. The Bertz CT molecular complexity index is 798. The summed E-state index contributed by atoms with van der Waals surface area (Å²) in [5.41, 5.74) is 0.820. The maximum atomic E-state index is 12.4. The molecule has 0 radical (unpaired) electrons. The number of carbonyl (C=O) groups excluding carboxylic acids is 2. The molecule has 0 aromatic heterocycles. The van der Waals surface area contributed by atoms with Crippen molar-refractivity contribution in [2.75, 3.05) is 32.7 Å². The summed E-state index contributed by atoms with van der Waals surface area (Å²) in [6.07, 6.45) is 3.49. The Labute approximate surface area is 159 Å². The molecule has 0 unspecified atom stereocenters. The molecule has 2 aliphatic rings. The van der Waals surface area contributed by atoms with Gasteiger partial charge in [0.15, 0.2) is 0 Å². The molecule has 0 atom stereocenters. The van der Waals surface area contributed by atoms with Gasteiger partial charge in [-0.2, -0.15) is 4.31 Å². The van der Waals surface area contributed by atoms with Crippen LogP contribution in [0.5, 0.6) is 0 Å². The second-order valence-electron chi connectivity index (χ2n) is 6.73. The van der Waals surface area contributed by atoms with Gasteiger partial charge in [-0.1, -0.05) is 30.3 Å². The Kier molecular flexibility index (Phi) is 6.25. The van der Waals surface area contributed by atoms with E-state index in [9.17, 15) is 18.0 Å². The first-order chi connectivity index (χ1) is 12.9. The first-order valence-electron chi connectivity index (χ1n) is 8.98. The summed E-state index contributed by atoms with van der Waals surface area (Å²) in [7, 11) is -3.50. The number of benzene rings is 1. The van der Waals surface area contributed by atoms with Gasteiger partial charge in [0, 0.05) is 37.6 Å². The largest absolute Gasteiger partial charge is 0.335 e. The zero-order valence-electron chi connectivity index (χ0n) is 15.0. The molecule has 8 nitrogen and oxygen atoms in total. The molecule has 1 aliphatic heterocycles. The lowest BCUT2D eigenvalue weighted by molar-refractivity contribution is -0.121. The number of amides is 3. The summed E-state index contributed by atoms with van der Waals surface area (Å²) in [6, 6.07) is 8.97. The van der Waals surface area contributed by atoms with Gasteiger partial charge < -0.3 is 5.32 Å². The third kappa shape index (κ3) is 6.16. The van der Waals surface area contributed by atoms with Crippen LogP contribution in [0.15, 0.2) is 35.7 Å². The van der Waals surface area contributed by atoms with Gasteiger partial charge in [-0.15, -0.1) is 0 Å². The van der Waals surface area contributed by atoms with E-state index < -0.39 is 16.1 Å². The maximum absolute atomic E-state index is 12.4. The Morgan fingerprint density at radius 2 is 1.74 bits per heavy atom. The Morgan fingerprint density at radius 1 is 1.07 bits per heavy atom. The minimum atomic E-state index is -3.50. The van der Waals surface area contributed by atoms with Crippen molar-refractivity contribution in [3.8, 4) is 0 Å². The number of nitrogens with zero attached hydrogens (tertiary/aromatic N) is 2. The highest BCUT2D eigenvalue weighted by Crippen LogP contribution is 2.18. The quantitative estimate of drug-likeness (QED) is 0.738. The molecule has 1 saturated heterocycles. The van der Waals surface area contributed by atoms with E-state index in [1.54, 1.807) is 6.08 Å². The summed E-state index contributed by atoms with van der Waals surface area (Å²) in [4.78, 5) is 25.3. The van der Waals surface area contributed by atoms with Crippen LogP contribution >= 0.6 is 0 Å². The second kappa shape index (κ2) is 8.64. The highest BCUT2D eigenvalue weighted by molar-refractivity contribution is 7.92. The van der Waals surface area contributed by atoms with Crippen LogP contribution in [0.1, 0.15) is 18.4 Å². The Hall–Kier alpha value is -2.23. The molecule has 146 valence electrons. The number of imide groups is 1. The number of hydrogen-bond donors (Lipinski definition) is 2. The SMILES string of the molecule is O=C(CN1CCN(S(=O)(=O)/C=C/c2ccccc2)CC1)NC(=O)NC1CC1. The molecule has 1 aromatic rings. The van der Waals surface area contributed by atoms with Crippen molar-refractivity contribution in [2.45, 2.75) is 18.9 Å². The first-order valence-corrected chi connectivity index (χ1v) is 10.5. The van der Waals surface area contributed by atoms with E-state index in [1.807, 2.05) is 35.2 Å². The van der Waals surface area contributed by atoms with Crippen LogP contribution in [0.3, 0.4) is 0 Å². The summed E-state index contributed by atoms with van der Waals surface area (Å²) < 4.78 is 26.3. The average molecular weight is 392 g/mol. The lowest BCUT2D eigenvalue weighted by Crippen LogP contribution is -2.52. The van der Waals surface area contributed by atoms with Crippen molar-refractivity contribution in [2.24, 2.45) is 0 Å². The minimum Gasteiger partial charge on any atom is -0.335 e. The molecule has 2 fully saturated rings. The van der Waals surface area contributed by atoms with Crippen molar-refractivity contribution in [3.63, 3.8) is 0 Å². The van der Waals surface area contributed by atoms with Gasteiger partial charge in [0.1, 0.15) is 0 Å². The fraction of sp³-hybridized carbons (Fsp3) is 0.444. The minimum absolute atomic E-state index is 0.0752. The third-order valence-electron chi connectivity index (χ3n) is 4.46. The summed E-state index contributed by atoms with van der Waals surface area (Å²) in [6.45, 7) is 1.57. The van der Waals surface area contributed by atoms with Crippen LogP contribution in [-0.2, 0) is 14.8 Å². The van der Waals surface area contributed by atoms with Crippen LogP contribution in [0.4, 0.5) is 4.79 Å². The van der Waals surface area contributed by atoms with Crippen molar-refractivity contribution in [3.05, 3.63) is 41.3 Å².